The SMILES string of the molecule is Cc1ccc(-c2ccc(C3CCC(C)CC3)cc2)c(I)c1C. The molecule has 1 aliphatic carbocycles. The molecule has 0 nitrogen and oxygen atoms in total. The molecular weight excluding hydrogens is 379 g/mol. The second kappa shape index (κ2) is 6.74. The first kappa shape index (κ1) is 16.0. The zero-order valence-corrected chi connectivity index (χ0v) is 16.0. The van der Waals surface area contributed by atoms with Crippen molar-refractivity contribution in [3.63, 3.8) is 0 Å². The first-order valence-electron chi connectivity index (χ1n) is 8.42. The predicted molar refractivity (Wildman–Crippen MR) is 104 cm³/mol. The summed E-state index contributed by atoms with van der Waals surface area (Å²) < 4.78 is 1.39. The first-order chi connectivity index (χ1) is 10.6. The van der Waals surface area contributed by atoms with Gasteiger partial charge in [0.15, 0.2) is 0 Å². The van der Waals surface area contributed by atoms with Crippen LogP contribution in [0.2, 0.25) is 0 Å². The predicted octanol–water partition coefficient (Wildman–Crippen LogP) is 6.87. The van der Waals surface area contributed by atoms with Crippen LogP contribution in [0.5, 0.6) is 0 Å². The molecule has 1 heteroatoms. The van der Waals surface area contributed by atoms with Crippen LogP contribution in [0.15, 0.2) is 36.4 Å². The topological polar surface area (TPSA) is 0 Å². The summed E-state index contributed by atoms with van der Waals surface area (Å²) >= 11 is 2.49. The third kappa shape index (κ3) is 3.24. The second-order valence-corrected chi connectivity index (χ2v) is 8.03. The molecule has 2 aromatic rings. The van der Waals surface area contributed by atoms with E-state index < -0.39 is 0 Å². The Balaban J connectivity index is 1.84. The molecule has 0 heterocycles. The van der Waals surface area contributed by atoms with Gasteiger partial charge in [-0.05, 0) is 88.9 Å². The van der Waals surface area contributed by atoms with E-state index in [9.17, 15) is 0 Å². The molecule has 22 heavy (non-hydrogen) atoms. The molecule has 0 spiro atoms. The van der Waals surface area contributed by atoms with Gasteiger partial charge in [0.05, 0.1) is 0 Å². The minimum atomic E-state index is 0.782. The highest BCUT2D eigenvalue weighted by atomic mass is 127. The van der Waals surface area contributed by atoms with Crippen LogP contribution in [0.1, 0.15) is 55.2 Å². The Morgan fingerprint density at radius 1 is 0.864 bits per heavy atom. The molecular formula is C21H25I. The van der Waals surface area contributed by atoms with Gasteiger partial charge in [0, 0.05) is 3.57 Å². The van der Waals surface area contributed by atoms with E-state index in [1.807, 2.05) is 0 Å². The molecule has 0 aromatic heterocycles. The lowest BCUT2D eigenvalue weighted by Crippen LogP contribution is -2.10. The Morgan fingerprint density at radius 2 is 1.50 bits per heavy atom. The Labute approximate surface area is 148 Å². The van der Waals surface area contributed by atoms with Crippen LogP contribution < -0.4 is 0 Å². The number of aryl methyl sites for hydroxylation is 1. The summed E-state index contributed by atoms with van der Waals surface area (Å²) in [6, 6.07) is 13.9. The van der Waals surface area contributed by atoms with Gasteiger partial charge in [-0.1, -0.05) is 56.2 Å². The van der Waals surface area contributed by atoms with E-state index in [0.717, 1.165) is 11.8 Å². The van der Waals surface area contributed by atoms with Crippen molar-refractivity contribution in [1.82, 2.24) is 0 Å². The molecule has 0 unspecified atom stereocenters. The van der Waals surface area contributed by atoms with Crippen LogP contribution in [0.4, 0.5) is 0 Å². The van der Waals surface area contributed by atoms with Gasteiger partial charge in [-0.2, -0.15) is 0 Å². The maximum absolute atomic E-state index is 2.49. The molecule has 0 aliphatic heterocycles. The van der Waals surface area contributed by atoms with Crippen LogP contribution in [0.3, 0.4) is 0 Å². The summed E-state index contributed by atoms with van der Waals surface area (Å²) in [5.41, 5.74) is 7.03. The zero-order chi connectivity index (χ0) is 15.7. The minimum Gasteiger partial charge on any atom is -0.0625 e. The number of hydrogen-bond donors (Lipinski definition) is 0. The van der Waals surface area contributed by atoms with Gasteiger partial charge >= 0.3 is 0 Å². The largest absolute Gasteiger partial charge is 0.0625 e. The second-order valence-electron chi connectivity index (χ2n) is 6.95. The van der Waals surface area contributed by atoms with Crippen LogP contribution >= 0.6 is 22.6 Å². The molecule has 1 saturated carbocycles. The van der Waals surface area contributed by atoms with Crippen LogP contribution in [-0.4, -0.2) is 0 Å². The summed E-state index contributed by atoms with van der Waals surface area (Å²) in [7, 11) is 0. The van der Waals surface area contributed by atoms with E-state index >= 15 is 0 Å². The summed E-state index contributed by atoms with van der Waals surface area (Å²) in [6.45, 7) is 6.80. The van der Waals surface area contributed by atoms with E-state index in [1.54, 1.807) is 0 Å². The Hall–Kier alpha value is -0.830. The summed E-state index contributed by atoms with van der Waals surface area (Å²) in [5.74, 6) is 1.71. The lowest BCUT2D eigenvalue weighted by Gasteiger charge is -2.26. The molecule has 2 aromatic carbocycles. The van der Waals surface area contributed by atoms with Gasteiger partial charge in [-0.3, -0.25) is 0 Å². The standard InChI is InChI=1S/C21H25I/c1-14-4-7-17(8-5-14)18-9-11-19(12-10-18)20-13-6-15(2)16(3)21(20)22/h6,9-14,17H,4-5,7-8H2,1-3H3. The molecule has 0 N–H and O–H groups in total. The fraction of sp³-hybridized carbons (Fsp3) is 0.429. The Morgan fingerprint density at radius 3 is 2.14 bits per heavy atom. The van der Waals surface area contributed by atoms with Gasteiger partial charge in [-0.15, -0.1) is 0 Å². The van der Waals surface area contributed by atoms with Gasteiger partial charge in [0.1, 0.15) is 0 Å². The van der Waals surface area contributed by atoms with Crippen molar-refractivity contribution in [3.8, 4) is 11.1 Å². The average Bonchev–Trinajstić information content (AvgIpc) is 2.54. The van der Waals surface area contributed by atoms with Crippen molar-refractivity contribution in [2.24, 2.45) is 5.92 Å². The molecule has 0 amide bonds. The summed E-state index contributed by atoms with van der Waals surface area (Å²) in [4.78, 5) is 0. The highest BCUT2D eigenvalue weighted by Gasteiger charge is 2.19. The molecule has 116 valence electrons. The maximum Gasteiger partial charge on any atom is 0.0240 e. The number of benzene rings is 2. The van der Waals surface area contributed by atoms with E-state index in [4.69, 9.17) is 0 Å². The molecule has 0 saturated heterocycles. The van der Waals surface area contributed by atoms with Gasteiger partial charge in [0.25, 0.3) is 0 Å². The van der Waals surface area contributed by atoms with Crippen molar-refractivity contribution in [3.05, 3.63) is 56.7 Å². The fourth-order valence-electron chi connectivity index (χ4n) is 3.53. The van der Waals surface area contributed by atoms with E-state index in [0.29, 0.717) is 0 Å². The van der Waals surface area contributed by atoms with Crippen molar-refractivity contribution >= 4 is 22.6 Å². The highest BCUT2D eigenvalue weighted by Crippen LogP contribution is 2.36. The van der Waals surface area contributed by atoms with Crippen LogP contribution in [-0.2, 0) is 0 Å². The normalized spacial score (nSPS) is 21.8. The summed E-state index contributed by atoms with van der Waals surface area (Å²) in [6.07, 6.45) is 5.51. The lowest BCUT2D eigenvalue weighted by atomic mass is 9.79. The molecule has 3 rings (SSSR count). The molecule has 0 atom stereocenters. The molecule has 0 radical (unpaired) electrons. The Bertz CT molecular complexity index is 646. The van der Waals surface area contributed by atoms with Crippen molar-refractivity contribution in [2.45, 2.75) is 52.4 Å². The number of halogens is 1. The van der Waals surface area contributed by atoms with Crippen molar-refractivity contribution < 1.29 is 0 Å². The van der Waals surface area contributed by atoms with E-state index in [1.165, 1.54) is 57.1 Å². The van der Waals surface area contributed by atoms with Gasteiger partial charge in [-0.25, -0.2) is 0 Å². The van der Waals surface area contributed by atoms with Gasteiger partial charge < -0.3 is 0 Å². The highest BCUT2D eigenvalue weighted by molar-refractivity contribution is 14.1. The van der Waals surface area contributed by atoms with E-state index in [-0.39, 0.29) is 0 Å². The Kier molecular flexibility index (Phi) is 4.91. The van der Waals surface area contributed by atoms with Crippen molar-refractivity contribution in [2.75, 3.05) is 0 Å². The molecule has 0 bridgehead atoms. The molecule has 1 aliphatic rings. The zero-order valence-electron chi connectivity index (χ0n) is 13.8. The summed E-state index contributed by atoms with van der Waals surface area (Å²) in [5, 5.41) is 0. The van der Waals surface area contributed by atoms with Crippen LogP contribution in [0, 0.1) is 23.3 Å². The third-order valence-corrected chi connectivity index (χ3v) is 6.76. The fourth-order valence-corrected chi connectivity index (χ4v) is 4.45. The number of hydrogen-bond acceptors (Lipinski definition) is 0. The van der Waals surface area contributed by atoms with Gasteiger partial charge in [0.2, 0.25) is 0 Å². The lowest BCUT2D eigenvalue weighted by molar-refractivity contribution is 0.348. The first-order valence-corrected chi connectivity index (χ1v) is 9.50. The average molecular weight is 404 g/mol. The number of rotatable bonds is 2. The minimum absolute atomic E-state index is 0.782. The monoisotopic (exact) mass is 404 g/mol. The smallest absolute Gasteiger partial charge is 0.0240 e. The quantitative estimate of drug-likeness (QED) is 0.479. The van der Waals surface area contributed by atoms with E-state index in [2.05, 4.69) is 79.8 Å². The van der Waals surface area contributed by atoms with Crippen LogP contribution in [0.25, 0.3) is 11.1 Å². The maximum atomic E-state index is 2.49. The third-order valence-electron chi connectivity index (χ3n) is 5.37. The molecule has 1 fully saturated rings. The van der Waals surface area contributed by atoms with Crippen molar-refractivity contribution in [1.29, 1.82) is 0 Å².